The van der Waals surface area contributed by atoms with Gasteiger partial charge in [0, 0.05) is 18.0 Å². The summed E-state index contributed by atoms with van der Waals surface area (Å²) < 4.78 is 10.6. The molecule has 17 heavy (non-hydrogen) atoms. The van der Waals surface area contributed by atoms with Gasteiger partial charge in [-0.15, -0.1) is 0 Å². The van der Waals surface area contributed by atoms with Gasteiger partial charge in [0.15, 0.2) is 0 Å². The topological polar surface area (TPSA) is 68.7 Å². The Balaban J connectivity index is 1.98. The molecule has 0 spiro atoms. The lowest BCUT2D eigenvalue weighted by molar-refractivity contribution is -0.135. The number of nitrogens with zero attached hydrogens (tertiary/aromatic N) is 1. The zero-order valence-corrected chi connectivity index (χ0v) is 9.55. The highest BCUT2D eigenvalue weighted by atomic mass is 16.5. The highest BCUT2D eigenvalue weighted by Crippen LogP contribution is 2.21. The van der Waals surface area contributed by atoms with Crippen molar-refractivity contribution in [1.29, 1.82) is 0 Å². The molecule has 1 heterocycles. The standard InChI is InChI=1S/C12H14N2O3/c1-14(13)12(15)8-16-6-9-7-17-11-5-3-2-4-10(9)11/h2-5,7H,6,8,13H2,1H3. The molecule has 2 rings (SSSR count). The van der Waals surface area contributed by atoms with Crippen LogP contribution in [0.3, 0.4) is 0 Å². The summed E-state index contributed by atoms with van der Waals surface area (Å²) in [5.41, 5.74) is 1.74. The molecule has 2 N–H and O–H groups in total. The van der Waals surface area contributed by atoms with Crippen LogP contribution in [0, 0.1) is 0 Å². The Labute approximate surface area is 98.7 Å². The first-order chi connectivity index (χ1) is 8.18. The van der Waals surface area contributed by atoms with E-state index in [4.69, 9.17) is 15.0 Å². The Hall–Kier alpha value is -1.85. The predicted molar refractivity (Wildman–Crippen MR) is 62.8 cm³/mol. The number of rotatable bonds is 4. The van der Waals surface area contributed by atoms with Crippen LogP contribution >= 0.6 is 0 Å². The van der Waals surface area contributed by atoms with Crippen LogP contribution < -0.4 is 5.84 Å². The van der Waals surface area contributed by atoms with E-state index in [1.165, 1.54) is 7.05 Å². The van der Waals surface area contributed by atoms with E-state index < -0.39 is 0 Å². The molecule has 2 aromatic rings. The average molecular weight is 234 g/mol. The Morgan fingerprint density at radius 3 is 3.00 bits per heavy atom. The molecule has 1 amide bonds. The first kappa shape index (κ1) is 11.6. The highest BCUT2D eigenvalue weighted by Gasteiger charge is 2.07. The SMILES string of the molecule is CN(N)C(=O)COCc1coc2ccccc12. The summed E-state index contributed by atoms with van der Waals surface area (Å²) in [6.07, 6.45) is 1.64. The van der Waals surface area contributed by atoms with Gasteiger partial charge < -0.3 is 9.15 Å². The minimum atomic E-state index is -0.266. The fraction of sp³-hybridized carbons (Fsp3) is 0.250. The van der Waals surface area contributed by atoms with Gasteiger partial charge in [-0.3, -0.25) is 9.80 Å². The van der Waals surface area contributed by atoms with Gasteiger partial charge in [-0.25, -0.2) is 5.84 Å². The van der Waals surface area contributed by atoms with Crippen LogP contribution in [-0.4, -0.2) is 24.6 Å². The maximum Gasteiger partial charge on any atom is 0.262 e. The summed E-state index contributed by atoms with van der Waals surface area (Å²) in [4.78, 5) is 11.2. The van der Waals surface area contributed by atoms with Gasteiger partial charge in [0.1, 0.15) is 12.2 Å². The number of hydrogen-bond donors (Lipinski definition) is 1. The van der Waals surface area contributed by atoms with E-state index in [0.29, 0.717) is 6.61 Å². The third-order valence-corrected chi connectivity index (χ3v) is 2.44. The zero-order chi connectivity index (χ0) is 12.3. The number of likely N-dealkylation sites (N-methyl/N-ethyl adjacent to an activating group) is 1. The van der Waals surface area contributed by atoms with Crippen molar-refractivity contribution in [3.63, 3.8) is 0 Å². The van der Waals surface area contributed by atoms with E-state index in [2.05, 4.69) is 0 Å². The molecule has 0 bridgehead atoms. The van der Waals surface area contributed by atoms with E-state index in [1.54, 1.807) is 6.26 Å². The molecule has 0 aliphatic rings. The van der Waals surface area contributed by atoms with E-state index in [1.807, 2.05) is 24.3 Å². The Bertz CT molecular complexity index is 519. The van der Waals surface area contributed by atoms with E-state index >= 15 is 0 Å². The second-order valence-electron chi connectivity index (χ2n) is 3.75. The van der Waals surface area contributed by atoms with E-state index in [0.717, 1.165) is 21.5 Å². The van der Waals surface area contributed by atoms with Crippen molar-refractivity contribution in [3.05, 3.63) is 36.1 Å². The van der Waals surface area contributed by atoms with Crippen LogP contribution in [0.1, 0.15) is 5.56 Å². The first-order valence-corrected chi connectivity index (χ1v) is 5.22. The fourth-order valence-corrected chi connectivity index (χ4v) is 1.49. The Morgan fingerprint density at radius 2 is 2.24 bits per heavy atom. The lowest BCUT2D eigenvalue weighted by atomic mass is 10.2. The number of fused-ring (bicyclic) bond motifs is 1. The number of carbonyl (C=O) groups excluding carboxylic acids is 1. The van der Waals surface area contributed by atoms with Crippen LogP contribution in [0.5, 0.6) is 0 Å². The molecule has 0 saturated heterocycles. The molecule has 90 valence electrons. The molecule has 1 aromatic heterocycles. The minimum Gasteiger partial charge on any atom is -0.464 e. The number of hydrogen-bond acceptors (Lipinski definition) is 4. The molecule has 0 aliphatic carbocycles. The second kappa shape index (κ2) is 4.99. The predicted octanol–water partition coefficient (Wildman–Crippen LogP) is 1.28. The van der Waals surface area contributed by atoms with Gasteiger partial charge in [-0.05, 0) is 6.07 Å². The van der Waals surface area contributed by atoms with Gasteiger partial charge in [-0.2, -0.15) is 0 Å². The number of furan rings is 1. The van der Waals surface area contributed by atoms with Crippen molar-refractivity contribution >= 4 is 16.9 Å². The normalized spacial score (nSPS) is 10.7. The van der Waals surface area contributed by atoms with Gasteiger partial charge in [0.25, 0.3) is 5.91 Å². The van der Waals surface area contributed by atoms with E-state index in [9.17, 15) is 4.79 Å². The number of para-hydroxylation sites is 1. The summed E-state index contributed by atoms with van der Waals surface area (Å²) in [6, 6.07) is 7.68. The van der Waals surface area contributed by atoms with Crippen molar-refractivity contribution < 1.29 is 13.9 Å². The maximum atomic E-state index is 11.2. The van der Waals surface area contributed by atoms with Crippen LogP contribution in [0.2, 0.25) is 0 Å². The Kier molecular flexibility index (Phi) is 3.41. The zero-order valence-electron chi connectivity index (χ0n) is 9.55. The summed E-state index contributed by atoms with van der Waals surface area (Å²) in [6.45, 7) is 0.295. The van der Waals surface area contributed by atoms with Gasteiger partial charge in [-0.1, -0.05) is 18.2 Å². The Morgan fingerprint density at radius 1 is 1.47 bits per heavy atom. The van der Waals surface area contributed by atoms with Crippen molar-refractivity contribution in [2.75, 3.05) is 13.7 Å². The quantitative estimate of drug-likeness (QED) is 0.491. The summed E-state index contributed by atoms with van der Waals surface area (Å²) in [5.74, 6) is 5.01. The van der Waals surface area contributed by atoms with Crippen LogP contribution in [-0.2, 0) is 16.1 Å². The average Bonchev–Trinajstić information content (AvgIpc) is 2.72. The number of benzene rings is 1. The summed E-state index contributed by atoms with van der Waals surface area (Å²) >= 11 is 0. The molecule has 0 aliphatic heterocycles. The molecule has 5 nitrogen and oxygen atoms in total. The highest BCUT2D eigenvalue weighted by molar-refractivity contribution is 5.80. The lowest BCUT2D eigenvalue weighted by Crippen LogP contribution is -2.35. The minimum absolute atomic E-state index is 0.0352. The molecule has 0 fully saturated rings. The fourth-order valence-electron chi connectivity index (χ4n) is 1.49. The maximum absolute atomic E-state index is 11.2. The van der Waals surface area contributed by atoms with Crippen molar-refractivity contribution in [2.24, 2.45) is 5.84 Å². The lowest BCUT2D eigenvalue weighted by Gasteiger charge is -2.09. The number of ether oxygens (including phenoxy) is 1. The molecule has 1 aromatic carbocycles. The molecule has 0 atom stereocenters. The van der Waals surface area contributed by atoms with E-state index in [-0.39, 0.29) is 12.5 Å². The van der Waals surface area contributed by atoms with Crippen molar-refractivity contribution in [2.45, 2.75) is 6.61 Å². The smallest absolute Gasteiger partial charge is 0.262 e. The molecule has 0 radical (unpaired) electrons. The monoisotopic (exact) mass is 234 g/mol. The molecule has 5 heteroatoms. The number of hydrazine groups is 1. The molecular formula is C12H14N2O3. The molecule has 0 unspecified atom stereocenters. The number of nitrogens with two attached hydrogens (primary N) is 1. The molecule has 0 saturated carbocycles. The summed E-state index contributed by atoms with van der Waals surface area (Å²) in [5, 5.41) is 2.01. The summed E-state index contributed by atoms with van der Waals surface area (Å²) in [7, 11) is 1.49. The van der Waals surface area contributed by atoms with Gasteiger partial charge in [0.2, 0.25) is 0 Å². The van der Waals surface area contributed by atoms with Crippen LogP contribution in [0.4, 0.5) is 0 Å². The second-order valence-corrected chi connectivity index (χ2v) is 3.75. The van der Waals surface area contributed by atoms with Crippen molar-refractivity contribution in [3.8, 4) is 0 Å². The third-order valence-electron chi connectivity index (χ3n) is 2.44. The first-order valence-electron chi connectivity index (χ1n) is 5.22. The third kappa shape index (κ3) is 2.64. The molecular weight excluding hydrogens is 220 g/mol. The van der Waals surface area contributed by atoms with Crippen LogP contribution in [0.15, 0.2) is 34.9 Å². The van der Waals surface area contributed by atoms with Gasteiger partial charge >= 0.3 is 0 Å². The van der Waals surface area contributed by atoms with Gasteiger partial charge in [0.05, 0.1) is 12.9 Å². The number of carbonyl (C=O) groups is 1. The van der Waals surface area contributed by atoms with Crippen LogP contribution in [0.25, 0.3) is 11.0 Å². The number of amides is 1. The largest absolute Gasteiger partial charge is 0.464 e. The van der Waals surface area contributed by atoms with Crippen molar-refractivity contribution in [1.82, 2.24) is 5.01 Å².